The lowest BCUT2D eigenvalue weighted by Crippen LogP contribution is -2.35. The van der Waals surface area contributed by atoms with Gasteiger partial charge >= 0.3 is 0 Å². The quantitative estimate of drug-likeness (QED) is 0.645. The van der Waals surface area contributed by atoms with E-state index in [1.54, 1.807) is 0 Å². The molecule has 0 aromatic rings. The summed E-state index contributed by atoms with van der Waals surface area (Å²) in [5.41, 5.74) is 0. The van der Waals surface area contributed by atoms with Crippen LogP contribution in [-0.2, 0) is 4.79 Å². The molecule has 1 atom stereocenters. The molecule has 0 aliphatic carbocycles. The minimum atomic E-state index is 0.0651. The Morgan fingerprint density at radius 3 is 3.07 bits per heavy atom. The fraction of sp³-hybridized carbons (Fsp3) is 0.727. The van der Waals surface area contributed by atoms with Gasteiger partial charge in [-0.2, -0.15) is 0 Å². The molecule has 2 N–H and O–H groups in total. The maximum atomic E-state index is 11.2. The minimum Gasteiger partial charge on any atom is -0.345 e. The van der Waals surface area contributed by atoms with Gasteiger partial charge in [-0.1, -0.05) is 12.3 Å². The summed E-state index contributed by atoms with van der Waals surface area (Å²) in [7, 11) is 0. The largest absolute Gasteiger partial charge is 0.345 e. The lowest BCUT2D eigenvalue weighted by molar-refractivity contribution is -0.121. The van der Waals surface area contributed by atoms with Gasteiger partial charge in [0.2, 0.25) is 5.91 Å². The van der Waals surface area contributed by atoms with Crippen molar-refractivity contribution in [1.29, 1.82) is 0 Å². The van der Waals surface area contributed by atoms with Crippen LogP contribution in [0.5, 0.6) is 0 Å². The van der Waals surface area contributed by atoms with Gasteiger partial charge in [-0.25, -0.2) is 0 Å². The third-order valence-corrected chi connectivity index (χ3v) is 2.52. The highest BCUT2D eigenvalue weighted by Crippen LogP contribution is 2.11. The van der Waals surface area contributed by atoms with Crippen molar-refractivity contribution in [2.45, 2.75) is 38.1 Å². The maximum absolute atomic E-state index is 11.2. The molecular formula is C11H18N2O. The zero-order valence-corrected chi connectivity index (χ0v) is 8.51. The first-order valence-corrected chi connectivity index (χ1v) is 5.26. The smallest absolute Gasteiger partial charge is 0.220 e. The van der Waals surface area contributed by atoms with Crippen LogP contribution in [0.15, 0.2) is 0 Å². The fourth-order valence-corrected chi connectivity index (χ4v) is 1.71. The van der Waals surface area contributed by atoms with E-state index in [-0.39, 0.29) is 5.91 Å². The average molecular weight is 194 g/mol. The van der Waals surface area contributed by atoms with Gasteiger partial charge in [0.05, 0.1) is 6.54 Å². The first-order valence-electron chi connectivity index (χ1n) is 5.26. The standard InChI is InChI=1S/C11H18N2O/c1-2-8-13-11(14)7-6-10-5-3-4-9-12-10/h1,10,12H,3-9H2,(H,13,14). The number of terminal acetylenes is 1. The summed E-state index contributed by atoms with van der Waals surface area (Å²) in [6, 6.07) is 0.528. The Morgan fingerprint density at radius 1 is 1.57 bits per heavy atom. The van der Waals surface area contributed by atoms with Gasteiger partial charge in [-0.3, -0.25) is 4.79 Å². The zero-order valence-electron chi connectivity index (χ0n) is 8.51. The Hall–Kier alpha value is -1.01. The second-order valence-corrected chi connectivity index (χ2v) is 3.67. The Bertz CT molecular complexity index is 214. The van der Waals surface area contributed by atoms with Gasteiger partial charge in [0.15, 0.2) is 0 Å². The first kappa shape index (κ1) is 11.1. The van der Waals surface area contributed by atoms with E-state index < -0.39 is 0 Å². The molecule has 78 valence electrons. The predicted octanol–water partition coefficient (Wildman–Crippen LogP) is 0.658. The Kier molecular flexibility index (Phi) is 5.09. The molecule has 3 heteroatoms. The van der Waals surface area contributed by atoms with Gasteiger partial charge in [0.1, 0.15) is 0 Å². The summed E-state index contributed by atoms with van der Waals surface area (Å²) in [4.78, 5) is 11.2. The molecule has 1 saturated heterocycles. The number of carbonyl (C=O) groups excluding carboxylic acids is 1. The van der Waals surface area contributed by atoms with Crippen LogP contribution in [0.25, 0.3) is 0 Å². The molecule has 0 bridgehead atoms. The summed E-state index contributed by atoms with van der Waals surface area (Å²) in [6.07, 6.45) is 10.3. The van der Waals surface area contributed by atoms with Crippen LogP contribution in [0.1, 0.15) is 32.1 Å². The SMILES string of the molecule is C#CCNC(=O)CCC1CCCCN1. The van der Waals surface area contributed by atoms with E-state index in [0.717, 1.165) is 13.0 Å². The molecule has 1 heterocycles. The molecular weight excluding hydrogens is 176 g/mol. The van der Waals surface area contributed by atoms with E-state index in [1.165, 1.54) is 19.3 Å². The van der Waals surface area contributed by atoms with Crippen LogP contribution in [0.3, 0.4) is 0 Å². The Morgan fingerprint density at radius 2 is 2.43 bits per heavy atom. The molecule has 1 aliphatic heterocycles. The lowest BCUT2D eigenvalue weighted by atomic mass is 10.0. The highest BCUT2D eigenvalue weighted by molar-refractivity contribution is 5.76. The third-order valence-electron chi connectivity index (χ3n) is 2.52. The second kappa shape index (κ2) is 6.44. The number of carbonyl (C=O) groups is 1. The maximum Gasteiger partial charge on any atom is 0.220 e. The number of nitrogens with one attached hydrogen (secondary N) is 2. The van der Waals surface area contributed by atoms with Crippen molar-refractivity contribution in [3.63, 3.8) is 0 Å². The monoisotopic (exact) mass is 194 g/mol. The van der Waals surface area contributed by atoms with Crippen LogP contribution in [0.2, 0.25) is 0 Å². The molecule has 0 radical (unpaired) electrons. The minimum absolute atomic E-state index is 0.0651. The fourth-order valence-electron chi connectivity index (χ4n) is 1.71. The van der Waals surface area contributed by atoms with Crippen LogP contribution in [0.4, 0.5) is 0 Å². The molecule has 1 unspecified atom stereocenters. The van der Waals surface area contributed by atoms with Crippen molar-refractivity contribution in [3.05, 3.63) is 0 Å². The van der Waals surface area contributed by atoms with Crippen molar-refractivity contribution in [1.82, 2.24) is 10.6 Å². The number of hydrogen-bond donors (Lipinski definition) is 2. The molecule has 1 amide bonds. The Balaban J connectivity index is 2.07. The highest BCUT2D eigenvalue weighted by Gasteiger charge is 2.13. The van der Waals surface area contributed by atoms with Crippen LogP contribution >= 0.6 is 0 Å². The van der Waals surface area contributed by atoms with E-state index in [0.29, 0.717) is 19.0 Å². The number of hydrogen-bond acceptors (Lipinski definition) is 2. The van der Waals surface area contributed by atoms with E-state index in [1.807, 2.05) is 0 Å². The molecule has 3 nitrogen and oxygen atoms in total. The van der Waals surface area contributed by atoms with Crippen LogP contribution in [0, 0.1) is 12.3 Å². The molecule has 1 fully saturated rings. The van der Waals surface area contributed by atoms with Crippen LogP contribution < -0.4 is 10.6 Å². The van der Waals surface area contributed by atoms with Crippen molar-refractivity contribution in [3.8, 4) is 12.3 Å². The summed E-state index contributed by atoms with van der Waals surface area (Å²) in [5.74, 6) is 2.45. The number of rotatable bonds is 4. The van der Waals surface area contributed by atoms with Gasteiger partial charge in [-0.05, 0) is 25.8 Å². The summed E-state index contributed by atoms with van der Waals surface area (Å²) in [5, 5.41) is 6.08. The lowest BCUT2D eigenvalue weighted by Gasteiger charge is -2.22. The molecule has 1 aliphatic rings. The summed E-state index contributed by atoms with van der Waals surface area (Å²) < 4.78 is 0. The summed E-state index contributed by atoms with van der Waals surface area (Å²) >= 11 is 0. The third kappa shape index (κ3) is 4.29. The molecule has 0 spiro atoms. The van der Waals surface area contributed by atoms with Gasteiger partial charge < -0.3 is 10.6 Å². The number of piperidine rings is 1. The molecule has 0 saturated carbocycles. The van der Waals surface area contributed by atoms with E-state index in [4.69, 9.17) is 6.42 Å². The van der Waals surface area contributed by atoms with Gasteiger partial charge in [0, 0.05) is 12.5 Å². The molecule has 0 aromatic carbocycles. The molecule has 14 heavy (non-hydrogen) atoms. The topological polar surface area (TPSA) is 41.1 Å². The van der Waals surface area contributed by atoms with Gasteiger partial charge in [-0.15, -0.1) is 6.42 Å². The molecule has 1 rings (SSSR count). The van der Waals surface area contributed by atoms with Crippen molar-refractivity contribution < 1.29 is 4.79 Å². The normalized spacial score (nSPS) is 21.2. The van der Waals surface area contributed by atoms with Crippen molar-refractivity contribution in [2.75, 3.05) is 13.1 Å². The van der Waals surface area contributed by atoms with Gasteiger partial charge in [0.25, 0.3) is 0 Å². The second-order valence-electron chi connectivity index (χ2n) is 3.67. The first-order chi connectivity index (χ1) is 6.83. The van der Waals surface area contributed by atoms with E-state index in [2.05, 4.69) is 16.6 Å². The Labute approximate surface area is 85.6 Å². The van der Waals surface area contributed by atoms with Crippen LogP contribution in [-0.4, -0.2) is 25.0 Å². The van der Waals surface area contributed by atoms with E-state index in [9.17, 15) is 4.79 Å². The average Bonchev–Trinajstić information content (AvgIpc) is 2.25. The van der Waals surface area contributed by atoms with Crippen molar-refractivity contribution >= 4 is 5.91 Å². The highest BCUT2D eigenvalue weighted by atomic mass is 16.1. The zero-order chi connectivity index (χ0) is 10.2. The number of amides is 1. The van der Waals surface area contributed by atoms with E-state index >= 15 is 0 Å². The predicted molar refractivity (Wildman–Crippen MR) is 56.7 cm³/mol. The van der Waals surface area contributed by atoms with Crippen molar-refractivity contribution in [2.24, 2.45) is 0 Å². The molecule has 0 aromatic heterocycles. The summed E-state index contributed by atoms with van der Waals surface area (Å²) in [6.45, 7) is 1.44.